The van der Waals surface area contributed by atoms with Crippen LogP contribution in [0.15, 0.2) is 18.2 Å². The highest BCUT2D eigenvalue weighted by Gasteiger charge is 2.43. The van der Waals surface area contributed by atoms with Crippen molar-refractivity contribution in [1.29, 1.82) is 0 Å². The molecule has 0 radical (unpaired) electrons. The molecule has 1 amide bonds. The Morgan fingerprint density at radius 3 is 2.96 bits per heavy atom. The first-order valence-corrected chi connectivity index (χ1v) is 7.72. The second-order valence-corrected chi connectivity index (χ2v) is 6.43. The summed E-state index contributed by atoms with van der Waals surface area (Å²) in [5.41, 5.74) is 6.93. The van der Waals surface area contributed by atoms with Crippen molar-refractivity contribution in [3.05, 3.63) is 34.0 Å². The number of hydrogen-bond donors (Lipinski definition) is 2. The van der Waals surface area contributed by atoms with Crippen molar-refractivity contribution < 1.29 is 9.72 Å². The van der Waals surface area contributed by atoms with E-state index in [0.29, 0.717) is 35.8 Å². The van der Waals surface area contributed by atoms with E-state index in [9.17, 15) is 14.9 Å². The molecule has 0 spiro atoms. The highest BCUT2D eigenvalue weighted by atomic mass is 16.6. The molecule has 1 saturated carbocycles. The summed E-state index contributed by atoms with van der Waals surface area (Å²) in [5, 5.41) is 18.3. The van der Waals surface area contributed by atoms with Crippen LogP contribution < -0.4 is 5.73 Å². The van der Waals surface area contributed by atoms with E-state index in [1.165, 1.54) is 12.1 Å². The quantitative estimate of drug-likeness (QED) is 0.639. The van der Waals surface area contributed by atoms with Crippen LogP contribution in [0.2, 0.25) is 0 Å². The van der Waals surface area contributed by atoms with Gasteiger partial charge in [0.2, 0.25) is 0 Å². The van der Waals surface area contributed by atoms with Crippen molar-refractivity contribution in [2.24, 2.45) is 17.6 Å². The van der Waals surface area contributed by atoms with Crippen LogP contribution in [-0.4, -0.2) is 45.1 Å². The minimum atomic E-state index is -0.472. The molecule has 2 aliphatic rings. The summed E-state index contributed by atoms with van der Waals surface area (Å²) >= 11 is 0. The highest BCUT2D eigenvalue weighted by Crippen LogP contribution is 2.38. The van der Waals surface area contributed by atoms with Gasteiger partial charge in [0.15, 0.2) is 5.69 Å². The number of rotatable bonds is 2. The fourth-order valence-electron chi connectivity index (χ4n) is 3.90. The lowest BCUT2D eigenvalue weighted by Gasteiger charge is -2.17. The molecule has 0 bridgehead atoms. The molecule has 3 unspecified atom stereocenters. The van der Waals surface area contributed by atoms with Crippen LogP contribution in [0.25, 0.3) is 10.9 Å². The van der Waals surface area contributed by atoms with Crippen LogP contribution >= 0.6 is 0 Å². The predicted octanol–water partition coefficient (Wildman–Crippen LogP) is 1.28. The van der Waals surface area contributed by atoms with Gasteiger partial charge in [0, 0.05) is 36.7 Å². The zero-order valence-corrected chi connectivity index (χ0v) is 12.4. The Balaban J connectivity index is 1.65. The van der Waals surface area contributed by atoms with Gasteiger partial charge in [0.05, 0.1) is 10.4 Å². The number of aromatic nitrogens is 2. The minimum Gasteiger partial charge on any atom is -0.337 e. The molecule has 4 rings (SSSR count). The van der Waals surface area contributed by atoms with Gasteiger partial charge in [-0.25, -0.2) is 0 Å². The maximum Gasteiger partial charge on any atom is 0.275 e. The second-order valence-electron chi connectivity index (χ2n) is 6.43. The van der Waals surface area contributed by atoms with Gasteiger partial charge >= 0.3 is 0 Å². The third-order valence-corrected chi connectivity index (χ3v) is 5.16. The second kappa shape index (κ2) is 5.02. The van der Waals surface area contributed by atoms with Crippen molar-refractivity contribution >= 4 is 22.5 Å². The van der Waals surface area contributed by atoms with E-state index >= 15 is 0 Å². The summed E-state index contributed by atoms with van der Waals surface area (Å²) in [6, 6.07) is 4.53. The Hall–Kier alpha value is -2.48. The van der Waals surface area contributed by atoms with Gasteiger partial charge in [-0.3, -0.25) is 20.0 Å². The Bertz CT molecular complexity index is 802. The number of nitrogens with one attached hydrogen (secondary N) is 1. The first-order chi connectivity index (χ1) is 11.0. The smallest absolute Gasteiger partial charge is 0.275 e. The minimum absolute atomic E-state index is 0.0479. The lowest BCUT2D eigenvalue weighted by Crippen LogP contribution is -2.33. The Kier molecular flexibility index (Phi) is 3.08. The maximum atomic E-state index is 12.8. The van der Waals surface area contributed by atoms with E-state index in [4.69, 9.17) is 5.73 Å². The van der Waals surface area contributed by atoms with Crippen LogP contribution in [0.3, 0.4) is 0 Å². The highest BCUT2D eigenvalue weighted by molar-refractivity contribution is 6.05. The SMILES string of the molecule is NC1CCC2CN(C(=O)c3n[nH]c4ccc([N+](=O)[O-])cc34)CC12. The van der Waals surface area contributed by atoms with Crippen molar-refractivity contribution in [3.63, 3.8) is 0 Å². The monoisotopic (exact) mass is 315 g/mol. The van der Waals surface area contributed by atoms with Gasteiger partial charge < -0.3 is 10.6 Å². The molecule has 3 N–H and O–H groups in total. The molecule has 2 fully saturated rings. The van der Waals surface area contributed by atoms with Crippen molar-refractivity contribution in [2.75, 3.05) is 13.1 Å². The Morgan fingerprint density at radius 2 is 2.22 bits per heavy atom. The topological polar surface area (TPSA) is 118 Å². The molecule has 1 aliphatic carbocycles. The van der Waals surface area contributed by atoms with Gasteiger partial charge in [-0.2, -0.15) is 5.10 Å². The molecule has 1 aliphatic heterocycles. The first kappa shape index (κ1) is 14.1. The number of nitrogens with zero attached hydrogens (tertiary/aromatic N) is 3. The molecule has 3 atom stereocenters. The summed E-state index contributed by atoms with van der Waals surface area (Å²) in [6.45, 7) is 1.34. The Labute approximate surface area is 131 Å². The summed E-state index contributed by atoms with van der Waals surface area (Å²) in [7, 11) is 0. The zero-order chi connectivity index (χ0) is 16.1. The van der Waals surface area contributed by atoms with E-state index in [2.05, 4.69) is 10.2 Å². The van der Waals surface area contributed by atoms with Crippen molar-refractivity contribution in [1.82, 2.24) is 15.1 Å². The number of non-ortho nitro benzene ring substituents is 1. The fraction of sp³-hybridized carbons (Fsp3) is 0.467. The largest absolute Gasteiger partial charge is 0.337 e. The molecule has 23 heavy (non-hydrogen) atoms. The molecule has 2 heterocycles. The third kappa shape index (κ3) is 2.17. The normalized spacial score (nSPS) is 26.7. The molecule has 2 aromatic rings. The number of H-pyrrole nitrogens is 1. The standard InChI is InChI=1S/C15H17N5O3/c16-12-3-1-8-6-19(7-11(8)12)15(21)14-10-5-9(20(22)23)2-4-13(10)17-18-14/h2,4-5,8,11-12H,1,3,6-7,16H2,(H,17,18). The molecule has 8 nitrogen and oxygen atoms in total. The van der Waals surface area contributed by atoms with Gasteiger partial charge in [0.1, 0.15) is 0 Å². The van der Waals surface area contributed by atoms with Gasteiger partial charge in [-0.15, -0.1) is 0 Å². The van der Waals surface area contributed by atoms with Gasteiger partial charge in [0.25, 0.3) is 11.6 Å². The van der Waals surface area contributed by atoms with Crippen LogP contribution in [0, 0.1) is 22.0 Å². The zero-order valence-electron chi connectivity index (χ0n) is 12.4. The van der Waals surface area contributed by atoms with Crippen LogP contribution in [-0.2, 0) is 0 Å². The van der Waals surface area contributed by atoms with Crippen molar-refractivity contribution in [2.45, 2.75) is 18.9 Å². The molecule has 1 aromatic carbocycles. The van der Waals surface area contributed by atoms with E-state index in [0.717, 1.165) is 12.8 Å². The van der Waals surface area contributed by atoms with Gasteiger partial charge in [-0.1, -0.05) is 0 Å². The number of hydrogen-bond acceptors (Lipinski definition) is 5. The van der Waals surface area contributed by atoms with Crippen LogP contribution in [0.5, 0.6) is 0 Å². The number of carbonyl (C=O) groups excluding carboxylic acids is 1. The van der Waals surface area contributed by atoms with E-state index in [-0.39, 0.29) is 23.3 Å². The molecule has 1 saturated heterocycles. The molecular formula is C15H17N5O3. The summed E-state index contributed by atoms with van der Waals surface area (Å²) in [6.07, 6.45) is 2.08. The van der Waals surface area contributed by atoms with E-state index < -0.39 is 4.92 Å². The average Bonchev–Trinajstić information content (AvgIpc) is 3.22. The Morgan fingerprint density at radius 1 is 1.39 bits per heavy atom. The number of carbonyl (C=O) groups is 1. The number of nitro benzene ring substituents is 1. The maximum absolute atomic E-state index is 12.8. The van der Waals surface area contributed by atoms with Crippen LogP contribution in [0.1, 0.15) is 23.3 Å². The van der Waals surface area contributed by atoms with Gasteiger partial charge in [-0.05, 0) is 30.7 Å². The van der Waals surface area contributed by atoms with E-state index in [1.54, 1.807) is 11.0 Å². The molecular weight excluding hydrogens is 298 g/mol. The number of fused-ring (bicyclic) bond motifs is 2. The number of amides is 1. The fourth-order valence-corrected chi connectivity index (χ4v) is 3.90. The molecule has 8 heteroatoms. The number of nitro groups is 1. The average molecular weight is 315 g/mol. The number of aromatic amines is 1. The lowest BCUT2D eigenvalue weighted by atomic mass is 9.98. The first-order valence-electron chi connectivity index (χ1n) is 7.72. The predicted molar refractivity (Wildman–Crippen MR) is 82.8 cm³/mol. The lowest BCUT2D eigenvalue weighted by molar-refractivity contribution is -0.384. The summed E-state index contributed by atoms with van der Waals surface area (Å²) < 4.78 is 0. The van der Waals surface area contributed by atoms with E-state index in [1.807, 2.05) is 0 Å². The molecule has 120 valence electrons. The number of benzene rings is 1. The number of nitrogens with two attached hydrogens (primary N) is 1. The number of likely N-dealkylation sites (tertiary alicyclic amines) is 1. The van der Waals surface area contributed by atoms with Crippen LogP contribution in [0.4, 0.5) is 5.69 Å². The summed E-state index contributed by atoms with van der Waals surface area (Å²) in [4.78, 5) is 25.0. The third-order valence-electron chi connectivity index (χ3n) is 5.16. The summed E-state index contributed by atoms with van der Waals surface area (Å²) in [5.74, 6) is 0.644. The molecule has 1 aromatic heterocycles. The van der Waals surface area contributed by atoms with Crippen molar-refractivity contribution in [3.8, 4) is 0 Å².